The van der Waals surface area contributed by atoms with E-state index in [4.69, 9.17) is 9.84 Å². The van der Waals surface area contributed by atoms with Gasteiger partial charge in [-0.15, -0.1) is 0 Å². The lowest BCUT2D eigenvalue weighted by Crippen LogP contribution is -2.19. The molecule has 2 N–H and O–H groups in total. The van der Waals surface area contributed by atoms with Crippen molar-refractivity contribution in [3.8, 4) is 5.75 Å². The van der Waals surface area contributed by atoms with Gasteiger partial charge in [0.2, 0.25) is 0 Å². The fourth-order valence-corrected chi connectivity index (χ4v) is 3.47. The maximum Gasteiger partial charge on any atom is 0.341 e. The normalized spacial score (nSPS) is 16.7. The van der Waals surface area contributed by atoms with E-state index in [1.54, 1.807) is 30.3 Å². The summed E-state index contributed by atoms with van der Waals surface area (Å²) in [7, 11) is 0. The molecule has 1 amide bonds. The number of rotatable bonds is 5. The molecule has 0 aliphatic carbocycles. The van der Waals surface area contributed by atoms with Crippen LogP contribution < -0.4 is 10.1 Å². The number of amides is 1. The second-order valence-electron chi connectivity index (χ2n) is 5.21. The molecule has 2 aromatic rings. The van der Waals surface area contributed by atoms with Crippen LogP contribution in [0, 0.1) is 3.57 Å². The Labute approximate surface area is 167 Å². The van der Waals surface area contributed by atoms with E-state index in [9.17, 15) is 9.59 Å². The van der Waals surface area contributed by atoms with Crippen LogP contribution in [-0.2, 0) is 9.59 Å². The summed E-state index contributed by atoms with van der Waals surface area (Å²) in [6.07, 6.45) is 1.75. The molecule has 26 heavy (non-hydrogen) atoms. The van der Waals surface area contributed by atoms with Crippen LogP contribution in [-0.4, -0.2) is 28.8 Å². The van der Waals surface area contributed by atoms with E-state index in [1.807, 2.05) is 24.3 Å². The highest BCUT2D eigenvalue weighted by Gasteiger charge is 2.23. The molecule has 0 unspecified atom stereocenters. The second-order valence-corrected chi connectivity index (χ2v) is 7.49. The van der Waals surface area contributed by atoms with E-state index in [-0.39, 0.29) is 5.91 Å². The number of benzene rings is 2. The minimum Gasteiger partial charge on any atom is -0.482 e. The van der Waals surface area contributed by atoms with Crippen molar-refractivity contribution < 1.29 is 19.4 Å². The molecule has 1 fully saturated rings. The molecule has 3 rings (SSSR count). The highest BCUT2D eigenvalue weighted by Crippen LogP contribution is 2.28. The molecule has 1 aliphatic heterocycles. The molecule has 2 aromatic carbocycles. The zero-order chi connectivity index (χ0) is 18.5. The van der Waals surface area contributed by atoms with Crippen molar-refractivity contribution >= 4 is 63.2 Å². The third-order valence-corrected chi connectivity index (χ3v) is 4.81. The molecule has 6 nitrogen and oxygen atoms in total. The van der Waals surface area contributed by atoms with Crippen molar-refractivity contribution in [1.29, 1.82) is 0 Å². The number of carbonyl (C=O) groups is 2. The average Bonchev–Trinajstić information content (AvgIpc) is 2.93. The molecular formula is C18H13IN2O4S. The number of hydrogen-bond donors (Lipinski definition) is 2. The summed E-state index contributed by atoms with van der Waals surface area (Å²) >= 11 is 3.48. The van der Waals surface area contributed by atoms with Crippen LogP contribution in [0.25, 0.3) is 6.08 Å². The third-order valence-electron chi connectivity index (χ3n) is 3.23. The number of aliphatic carboxylic acids is 1. The molecule has 1 heterocycles. The van der Waals surface area contributed by atoms with Crippen LogP contribution in [0.5, 0.6) is 5.75 Å². The van der Waals surface area contributed by atoms with Gasteiger partial charge in [0, 0.05) is 3.57 Å². The Hall–Kier alpha value is -2.33. The number of amidine groups is 1. The van der Waals surface area contributed by atoms with Crippen LogP contribution in [0.3, 0.4) is 0 Å². The quantitative estimate of drug-likeness (QED) is 0.504. The lowest BCUT2D eigenvalue weighted by atomic mass is 10.2. The predicted octanol–water partition coefficient (Wildman–Crippen LogP) is 3.65. The molecule has 0 saturated carbocycles. The number of aliphatic imine (C=N–C) groups is 1. The Morgan fingerprint density at radius 3 is 2.73 bits per heavy atom. The zero-order valence-electron chi connectivity index (χ0n) is 13.3. The van der Waals surface area contributed by atoms with Crippen LogP contribution >= 0.6 is 34.4 Å². The molecule has 0 radical (unpaired) electrons. The van der Waals surface area contributed by atoms with Gasteiger partial charge in [-0.05, 0) is 76.3 Å². The van der Waals surface area contributed by atoms with Gasteiger partial charge in [-0.2, -0.15) is 0 Å². The number of carboxylic acid groups (broad SMARTS) is 1. The van der Waals surface area contributed by atoms with E-state index >= 15 is 0 Å². The summed E-state index contributed by atoms with van der Waals surface area (Å²) in [5.41, 5.74) is 1.58. The summed E-state index contributed by atoms with van der Waals surface area (Å²) in [5, 5.41) is 11.9. The minimum atomic E-state index is -1.03. The minimum absolute atomic E-state index is 0.203. The van der Waals surface area contributed by atoms with Crippen molar-refractivity contribution in [1.82, 2.24) is 5.32 Å². The number of nitrogens with one attached hydrogen (secondary N) is 1. The summed E-state index contributed by atoms with van der Waals surface area (Å²) in [6.45, 7) is -0.392. The van der Waals surface area contributed by atoms with Crippen molar-refractivity contribution in [3.63, 3.8) is 0 Å². The van der Waals surface area contributed by atoms with Gasteiger partial charge in [0.15, 0.2) is 11.8 Å². The number of hydrogen-bond acceptors (Lipinski definition) is 5. The average molecular weight is 480 g/mol. The van der Waals surface area contributed by atoms with Gasteiger partial charge in [0.05, 0.1) is 10.6 Å². The van der Waals surface area contributed by atoms with E-state index in [0.717, 1.165) is 14.8 Å². The van der Waals surface area contributed by atoms with Gasteiger partial charge in [0.25, 0.3) is 5.91 Å². The van der Waals surface area contributed by atoms with Gasteiger partial charge in [-0.3, -0.25) is 4.79 Å². The first-order valence-electron chi connectivity index (χ1n) is 7.49. The first kappa shape index (κ1) is 18.5. The van der Waals surface area contributed by atoms with Crippen LogP contribution in [0.2, 0.25) is 0 Å². The number of nitrogens with zero attached hydrogens (tertiary/aromatic N) is 1. The SMILES string of the molecule is O=C(O)COc1ccc(/C=C2/SC(=Nc3cccc(I)c3)NC2=O)cc1. The fourth-order valence-electron chi connectivity index (χ4n) is 2.10. The first-order chi connectivity index (χ1) is 12.5. The highest BCUT2D eigenvalue weighted by atomic mass is 127. The lowest BCUT2D eigenvalue weighted by Gasteiger charge is -2.03. The number of ether oxygens (including phenoxy) is 1. The highest BCUT2D eigenvalue weighted by molar-refractivity contribution is 14.1. The second kappa shape index (κ2) is 8.37. The molecule has 0 aromatic heterocycles. The lowest BCUT2D eigenvalue weighted by molar-refractivity contribution is -0.139. The molecule has 0 spiro atoms. The van der Waals surface area contributed by atoms with Crippen LogP contribution in [0.1, 0.15) is 5.56 Å². The van der Waals surface area contributed by atoms with Gasteiger partial charge < -0.3 is 15.2 Å². The van der Waals surface area contributed by atoms with Crippen LogP contribution in [0.4, 0.5) is 5.69 Å². The van der Waals surface area contributed by atoms with Crippen molar-refractivity contribution in [2.75, 3.05) is 6.61 Å². The topological polar surface area (TPSA) is 88.0 Å². The monoisotopic (exact) mass is 480 g/mol. The molecule has 1 aliphatic rings. The van der Waals surface area contributed by atoms with Crippen molar-refractivity contribution in [2.45, 2.75) is 0 Å². The Balaban J connectivity index is 1.71. The summed E-state index contributed by atoms with van der Waals surface area (Å²) in [6, 6.07) is 14.5. The molecular weight excluding hydrogens is 467 g/mol. The Kier molecular flexibility index (Phi) is 5.94. The maximum absolute atomic E-state index is 12.1. The van der Waals surface area contributed by atoms with Gasteiger partial charge >= 0.3 is 5.97 Å². The zero-order valence-corrected chi connectivity index (χ0v) is 16.3. The fraction of sp³-hybridized carbons (Fsp3) is 0.0556. The summed E-state index contributed by atoms with van der Waals surface area (Å²) in [5.74, 6) is -0.778. The standard InChI is InChI=1S/C18H13IN2O4S/c19-12-2-1-3-13(9-12)20-18-21-17(24)15(26-18)8-11-4-6-14(7-5-11)25-10-16(22)23/h1-9H,10H2,(H,22,23)(H,20,21,24)/b15-8+. The molecule has 0 bridgehead atoms. The Bertz CT molecular complexity index is 910. The van der Waals surface area contributed by atoms with Gasteiger partial charge in [0.1, 0.15) is 5.75 Å². The Morgan fingerprint density at radius 1 is 1.27 bits per heavy atom. The van der Waals surface area contributed by atoms with Gasteiger partial charge in [-0.25, -0.2) is 9.79 Å². The third kappa shape index (κ3) is 5.09. The molecule has 0 atom stereocenters. The Morgan fingerprint density at radius 2 is 2.04 bits per heavy atom. The number of halogens is 1. The van der Waals surface area contributed by atoms with Gasteiger partial charge in [-0.1, -0.05) is 18.2 Å². The molecule has 8 heteroatoms. The number of thioether (sulfide) groups is 1. The van der Waals surface area contributed by atoms with E-state index in [2.05, 4.69) is 32.9 Å². The maximum atomic E-state index is 12.1. The van der Waals surface area contributed by atoms with Crippen molar-refractivity contribution in [3.05, 3.63) is 62.6 Å². The largest absolute Gasteiger partial charge is 0.482 e. The predicted molar refractivity (Wildman–Crippen MR) is 110 cm³/mol. The molecule has 1 saturated heterocycles. The molecule has 132 valence electrons. The number of carboxylic acids is 1. The summed E-state index contributed by atoms with van der Waals surface area (Å²) in [4.78, 5) is 27.6. The summed E-state index contributed by atoms with van der Waals surface area (Å²) < 4.78 is 6.15. The van der Waals surface area contributed by atoms with E-state index in [1.165, 1.54) is 11.8 Å². The van der Waals surface area contributed by atoms with E-state index < -0.39 is 12.6 Å². The van der Waals surface area contributed by atoms with E-state index in [0.29, 0.717) is 15.8 Å². The van der Waals surface area contributed by atoms with Crippen LogP contribution in [0.15, 0.2) is 58.4 Å². The number of carbonyl (C=O) groups excluding carboxylic acids is 1. The smallest absolute Gasteiger partial charge is 0.341 e. The first-order valence-corrected chi connectivity index (χ1v) is 9.39. The van der Waals surface area contributed by atoms with Crippen molar-refractivity contribution in [2.24, 2.45) is 4.99 Å².